The molecule has 3 aromatic heterocycles. The summed E-state index contributed by atoms with van der Waals surface area (Å²) in [4.78, 5) is 26.2. The molecule has 1 amide bonds. The summed E-state index contributed by atoms with van der Waals surface area (Å²) in [6.07, 6.45) is 6.47. The number of H-pyrrole nitrogens is 1. The van der Waals surface area contributed by atoms with Crippen LogP contribution in [0.1, 0.15) is 37.4 Å². The van der Waals surface area contributed by atoms with Gasteiger partial charge in [-0.3, -0.25) is 9.48 Å². The van der Waals surface area contributed by atoms with Gasteiger partial charge in [0.2, 0.25) is 5.91 Å². The maximum atomic E-state index is 12.7. The quantitative estimate of drug-likeness (QED) is 0.382. The molecule has 10 nitrogen and oxygen atoms in total. The van der Waals surface area contributed by atoms with Crippen molar-refractivity contribution in [1.82, 2.24) is 29.6 Å². The number of aromatic nitrogens is 5. The lowest BCUT2D eigenvalue weighted by atomic mass is 9.94. The van der Waals surface area contributed by atoms with Crippen molar-refractivity contribution in [3.05, 3.63) is 54.1 Å². The fraction of sp³-hybridized carbons (Fsp3) is 0.385. The minimum atomic E-state index is -3.26. The average molecular weight is 522 g/mol. The number of carbonyl (C=O) groups excluding carboxylic acids is 1. The molecule has 37 heavy (non-hydrogen) atoms. The molecule has 0 spiro atoms. The number of fused-ring (bicyclic) bond motifs is 2. The fourth-order valence-electron chi connectivity index (χ4n) is 4.68. The zero-order valence-electron chi connectivity index (χ0n) is 21.4. The van der Waals surface area contributed by atoms with Gasteiger partial charge in [0.15, 0.2) is 9.84 Å². The van der Waals surface area contributed by atoms with Crippen LogP contribution in [0.4, 0.5) is 5.82 Å². The highest BCUT2D eigenvalue weighted by atomic mass is 32.2. The van der Waals surface area contributed by atoms with Crippen molar-refractivity contribution < 1.29 is 13.2 Å². The molecular weight excluding hydrogens is 490 g/mol. The van der Waals surface area contributed by atoms with E-state index in [4.69, 9.17) is 0 Å². The van der Waals surface area contributed by atoms with E-state index in [0.717, 1.165) is 34.2 Å². The number of likely N-dealkylation sites (N-methyl/N-ethyl adjacent to an activating group) is 1. The van der Waals surface area contributed by atoms with Crippen LogP contribution in [-0.4, -0.2) is 63.8 Å². The van der Waals surface area contributed by atoms with Gasteiger partial charge in [-0.25, -0.2) is 18.4 Å². The fourth-order valence-corrected chi connectivity index (χ4v) is 6.31. The molecule has 11 heteroatoms. The van der Waals surface area contributed by atoms with E-state index in [-0.39, 0.29) is 30.2 Å². The first-order valence-electron chi connectivity index (χ1n) is 12.3. The summed E-state index contributed by atoms with van der Waals surface area (Å²) in [5.74, 6) is 0.974. The Balaban J connectivity index is 1.46. The van der Waals surface area contributed by atoms with Gasteiger partial charge in [0, 0.05) is 25.9 Å². The van der Waals surface area contributed by atoms with Gasteiger partial charge in [-0.15, -0.1) is 0 Å². The Hall–Kier alpha value is -3.73. The number of sulfone groups is 1. The Bertz CT molecular complexity index is 1570. The van der Waals surface area contributed by atoms with Crippen molar-refractivity contribution in [2.45, 2.75) is 44.2 Å². The summed E-state index contributed by atoms with van der Waals surface area (Å²) in [6.45, 7) is 4.35. The van der Waals surface area contributed by atoms with E-state index < -0.39 is 9.84 Å². The molecule has 1 aliphatic rings. The van der Waals surface area contributed by atoms with Crippen molar-refractivity contribution in [2.75, 3.05) is 25.2 Å². The molecule has 1 atom stereocenters. The highest BCUT2D eigenvalue weighted by Gasteiger charge is 2.26. The van der Waals surface area contributed by atoms with Gasteiger partial charge in [0.1, 0.15) is 24.3 Å². The molecule has 194 valence electrons. The first kappa shape index (κ1) is 24.9. The maximum absolute atomic E-state index is 12.7. The molecule has 4 aromatic rings. The van der Waals surface area contributed by atoms with E-state index in [1.54, 1.807) is 25.0 Å². The number of anilines is 1. The van der Waals surface area contributed by atoms with Gasteiger partial charge in [-0.2, -0.15) is 5.10 Å². The van der Waals surface area contributed by atoms with Gasteiger partial charge < -0.3 is 15.2 Å². The van der Waals surface area contributed by atoms with Crippen molar-refractivity contribution in [3.63, 3.8) is 0 Å². The Morgan fingerprint density at radius 2 is 2.03 bits per heavy atom. The Kier molecular flexibility index (Phi) is 6.49. The molecule has 2 N–H and O–H groups in total. The number of nitrogens with zero attached hydrogens (tertiary/aromatic N) is 5. The molecule has 0 unspecified atom stereocenters. The van der Waals surface area contributed by atoms with Gasteiger partial charge in [-0.1, -0.05) is 26.0 Å². The number of nitrogens with one attached hydrogen (secondary N) is 2. The van der Waals surface area contributed by atoms with Crippen LogP contribution < -0.4 is 5.32 Å². The number of carbonyl (C=O) groups is 1. The van der Waals surface area contributed by atoms with E-state index in [1.165, 1.54) is 11.2 Å². The van der Waals surface area contributed by atoms with Crippen molar-refractivity contribution in [3.8, 4) is 11.3 Å². The number of aromatic amines is 1. The molecule has 0 saturated heterocycles. The third-order valence-corrected chi connectivity index (χ3v) is 8.65. The zero-order chi connectivity index (χ0) is 26.3. The number of hydrogen-bond donors (Lipinski definition) is 2. The lowest BCUT2D eigenvalue weighted by Crippen LogP contribution is -2.26. The standard InChI is InChI=1S/C26H31N7O3S/c1-16(2)24(18-8-7-17-6-5-9-37(35,36)22(17)10-18)31-26-20-11-21(30-25(20)27-15-28-26)19-12-29-33(13-19)14-23(34)32(3)4/h7-8,10-13,15-16,24H,5-6,9,14H2,1-4H3,(H2,27,28,30,31)/t24-/m0/s1. The Morgan fingerprint density at radius 3 is 2.78 bits per heavy atom. The molecule has 1 aliphatic heterocycles. The third-order valence-electron chi connectivity index (χ3n) is 6.77. The van der Waals surface area contributed by atoms with Crippen LogP contribution in [0.2, 0.25) is 0 Å². The minimum Gasteiger partial charge on any atom is -0.362 e. The van der Waals surface area contributed by atoms with E-state index in [9.17, 15) is 13.2 Å². The topological polar surface area (TPSA) is 126 Å². The molecule has 0 radical (unpaired) electrons. The summed E-state index contributed by atoms with van der Waals surface area (Å²) in [5, 5.41) is 8.67. The lowest BCUT2D eigenvalue weighted by molar-refractivity contribution is -0.129. The molecule has 4 heterocycles. The predicted molar refractivity (Wildman–Crippen MR) is 142 cm³/mol. The molecule has 5 rings (SSSR count). The number of rotatable bonds is 7. The average Bonchev–Trinajstić information content (AvgIpc) is 3.49. The third kappa shape index (κ3) is 4.95. The van der Waals surface area contributed by atoms with Crippen LogP contribution in [0, 0.1) is 5.92 Å². The van der Waals surface area contributed by atoms with Crippen LogP contribution in [0.5, 0.6) is 0 Å². The number of benzene rings is 1. The van der Waals surface area contributed by atoms with Crippen LogP contribution in [0.15, 0.2) is 47.9 Å². The van der Waals surface area contributed by atoms with Crippen molar-refractivity contribution in [1.29, 1.82) is 0 Å². The molecule has 1 aromatic carbocycles. The van der Waals surface area contributed by atoms with Crippen LogP contribution in [-0.2, 0) is 27.6 Å². The Morgan fingerprint density at radius 1 is 1.22 bits per heavy atom. The van der Waals surface area contributed by atoms with Crippen molar-refractivity contribution >= 4 is 32.6 Å². The number of aryl methyl sites for hydroxylation is 1. The summed E-state index contributed by atoms with van der Waals surface area (Å²) in [7, 11) is 0.168. The van der Waals surface area contributed by atoms with Gasteiger partial charge in [0.25, 0.3) is 0 Å². The first-order valence-corrected chi connectivity index (χ1v) is 14.0. The SMILES string of the molecule is CC(C)[C@H](Nc1ncnc2[nH]c(-c3cnn(CC(=O)N(C)C)c3)cc12)c1ccc2c(c1)S(=O)(=O)CCC2. The van der Waals surface area contributed by atoms with Crippen LogP contribution in [0.3, 0.4) is 0 Å². The van der Waals surface area contributed by atoms with Gasteiger partial charge in [0.05, 0.1) is 34.0 Å². The maximum Gasteiger partial charge on any atom is 0.243 e. The second kappa shape index (κ2) is 9.62. The highest BCUT2D eigenvalue weighted by Crippen LogP contribution is 2.34. The zero-order valence-corrected chi connectivity index (χ0v) is 22.2. The lowest BCUT2D eigenvalue weighted by Gasteiger charge is -2.26. The van der Waals surface area contributed by atoms with Crippen LogP contribution >= 0.6 is 0 Å². The summed E-state index contributed by atoms with van der Waals surface area (Å²) < 4.78 is 27.0. The van der Waals surface area contributed by atoms with Gasteiger partial charge in [-0.05, 0) is 42.0 Å². The summed E-state index contributed by atoms with van der Waals surface area (Å²) in [6, 6.07) is 7.59. The largest absolute Gasteiger partial charge is 0.362 e. The van der Waals surface area contributed by atoms with Crippen molar-refractivity contribution in [2.24, 2.45) is 5.92 Å². The second-order valence-electron chi connectivity index (χ2n) is 10.0. The molecule has 0 bridgehead atoms. The number of hydrogen-bond acceptors (Lipinski definition) is 7. The highest BCUT2D eigenvalue weighted by molar-refractivity contribution is 7.91. The van der Waals surface area contributed by atoms with E-state index >= 15 is 0 Å². The molecule has 0 fully saturated rings. The Labute approximate surface area is 216 Å². The molecular formula is C26H31N7O3S. The van der Waals surface area contributed by atoms with E-state index in [0.29, 0.717) is 22.8 Å². The second-order valence-corrected chi connectivity index (χ2v) is 12.1. The minimum absolute atomic E-state index is 0.0432. The summed E-state index contributed by atoms with van der Waals surface area (Å²) >= 11 is 0. The van der Waals surface area contributed by atoms with Gasteiger partial charge >= 0.3 is 0 Å². The van der Waals surface area contributed by atoms with E-state index in [2.05, 4.69) is 39.2 Å². The smallest absolute Gasteiger partial charge is 0.243 e. The number of amides is 1. The molecule has 0 aliphatic carbocycles. The van der Waals surface area contributed by atoms with E-state index in [1.807, 2.05) is 30.5 Å². The molecule has 0 saturated carbocycles. The normalized spacial score (nSPS) is 15.5. The first-order chi connectivity index (χ1) is 17.6. The monoisotopic (exact) mass is 521 g/mol. The predicted octanol–water partition coefficient (Wildman–Crippen LogP) is 3.44. The summed E-state index contributed by atoms with van der Waals surface area (Å²) in [5.41, 5.74) is 4.11. The van der Waals surface area contributed by atoms with Crippen LogP contribution in [0.25, 0.3) is 22.3 Å².